The highest BCUT2D eigenvalue weighted by molar-refractivity contribution is 9.10. The van der Waals surface area contributed by atoms with E-state index < -0.39 is 0 Å². The number of nitrogens with zero attached hydrogens (tertiary/aromatic N) is 2. The number of aromatic nitrogens is 2. The predicted molar refractivity (Wildman–Crippen MR) is 83.0 cm³/mol. The molecule has 100 valence electrons. The quantitative estimate of drug-likeness (QED) is 0.692. The molecular formula is C15H10BrClN2O. The van der Waals surface area contributed by atoms with E-state index in [0.29, 0.717) is 6.61 Å². The minimum atomic E-state index is 0.466. The molecule has 0 aliphatic heterocycles. The lowest BCUT2D eigenvalue weighted by molar-refractivity contribution is 0.309. The second kappa shape index (κ2) is 5.77. The fourth-order valence-electron chi connectivity index (χ4n) is 1.84. The molecule has 0 saturated heterocycles. The molecular weight excluding hydrogens is 340 g/mol. The summed E-state index contributed by atoms with van der Waals surface area (Å²) in [6.45, 7) is 0.466. The van der Waals surface area contributed by atoms with Crippen molar-refractivity contribution in [2.75, 3.05) is 0 Å². The average molecular weight is 350 g/mol. The maximum absolute atomic E-state index is 5.86. The minimum Gasteiger partial charge on any atom is -0.486 e. The summed E-state index contributed by atoms with van der Waals surface area (Å²) in [5.74, 6) is 0.720. The number of rotatable bonds is 3. The fourth-order valence-corrected chi connectivity index (χ4v) is 2.28. The second-order valence-corrected chi connectivity index (χ2v) is 5.60. The van der Waals surface area contributed by atoms with Gasteiger partial charge in [0.2, 0.25) is 0 Å². The molecule has 3 nitrogen and oxygen atoms in total. The summed E-state index contributed by atoms with van der Waals surface area (Å²) in [6, 6.07) is 11.3. The molecule has 0 aliphatic carbocycles. The first-order valence-electron chi connectivity index (χ1n) is 6.00. The molecule has 0 spiro atoms. The average Bonchev–Trinajstić information content (AvgIpc) is 2.46. The molecule has 2 aromatic heterocycles. The summed E-state index contributed by atoms with van der Waals surface area (Å²) in [5, 5.41) is 0.717. The van der Waals surface area contributed by atoms with E-state index in [4.69, 9.17) is 16.3 Å². The molecule has 1 aromatic carbocycles. The van der Waals surface area contributed by atoms with E-state index in [2.05, 4.69) is 25.9 Å². The van der Waals surface area contributed by atoms with E-state index in [1.54, 1.807) is 12.4 Å². The highest BCUT2D eigenvalue weighted by Gasteiger charge is 2.05. The third-order valence-corrected chi connectivity index (χ3v) is 3.50. The van der Waals surface area contributed by atoms with E-state index in [1.807, 2.05) is 36.4 Å². The first kappa shape index (κ1) is 13.3. The van der Waals surface area contributed by atoms with Crippen LogP contribution in [0.15, 0.2) is 53.3 Å². The van der Waals surface area contributed by atoms with Crippen LogP contribution < -0.4 is 4.74 Å². The molecule has 0 aliphatic rings. The Morgan fingerprint density at radius 3 is 2.70 bits per heavy atom. The normalized spacial score (nSPS) is 10.7. The van der Waals surface area contributed by atoms with Crippen LogP contribution >= 0.6 is 27.5 Å². The van der Waals surface area contributed by atoms with Crippen molar-refractivity contribution < 1.29 is 4.74 Å². The summed E-state index contributed by atoms with van der Waals surface area (Å²) in [6.07, 6.45) is 3.45. The van der Waals surface area contributed by atoms with E-state index in [1.165, 1.54) is 0 Å². The van der Waals surface area contributed by atoms with Crippen molar-refractivity contribution in [2.45, 2.75) is 6.61 Å². The fraction of sp³-hybridized carbons (Fsp3) is 0.0667. The molecule has 0 fully saturated rings. The number of hydrogen-bond donors (Lipinski definition) is 0. The lowest BCUT2D eigenvalue weighted by Crippen LogP contribution is -1.97. The number of pyridine rings is 2. The third-order valence-electron chi connectivity index (χ3n) is 2.81. The van der Waals surface area contributed by atoms with Crippen LogP contribution in [0.5, 0.6) is 5.75 Å². The van der Waals surface area contributed by atoms with Gasteiger partial charge >= 0.3 is 0 Å². The second-order valence-electron chi connectivity index (χ2n) is 4.25. The van der Waals surface area contributed by atoms with Crippen molar-refractivity contribution in [1.29, 1.82) is 0 Å². The molecule has 0 saturated carbocycles. The van der Waals surface area contributed by atoms with Gasteiger partial charge in [-0.1, -0.05) is 23.7 Å². The maximum Gasteiger partial charge on any atom is 0.149 e. The summed E-state index contributed by atoms with van der Waals surface area (Å²) >= 11 is 9.24. The summed E-state index contributed by atoms with van der Waals surface area (Å²) in [4.78, 5) is 8.63. The zero-order valence-corrected chi connectivity index (χ0v) is 12.7. The van der Waals surface area contributed by atoms with Crippen molar-refractivity contribution in [3.8, 4) is 5.75 Å². The van der Waals surface area contributed by atoms with E-state index >= 15 is 0 Å². The molecule has 0 unspecified atom stereocenters. The van der Waals surface area contributed by atoms with Gasteiger partial charge in [-0.2, -0.15) is 0 Å². The maximum atomic E-state index is 5.86. The molecule has 2 heterocycles. The predicted octanol–water partition coefficient (Wildman–Crippen LogP) is 4.62. The van der Waals surface area contributed by atoms with Gasteiger partial charge < -0.3 is 4.74 Å². The monoisotopic (exact) mass is 348 g/mol. The van der Waals surface area contributed by atoms with Gasteiger partial charge in [-0.05, 0) is 39.7 Å². The van der Waals surface area contributed by atoms with Crippen LogP contribution in [0.2, 0.25) is 5.02 Å². The smallest absolute Gasteiger partial charge is 0.149 e. The Hall–Kier alpha value is -1.65. The highest BCUT2D eigenvalue weighted by Crippen LogP contribution is 2.24. The Bertz CT molecular complexity index is 746. The first-order chi connectivity index (χ1) is 9.72. The van der Waals surface area contributed by atoms with Crippen molar-refractivity contribution >= 4 is 38.6 Å². The Morgan fingerprint density at radius 2 is 1.90 bits per heavy atom. The number of fused-ring (bicyclic) bond motifs is 1. The molecule has 3 rings (SSSR count). The van der Waals surface area contributed by atoms with Crippen LogP contribution in [0.3, 0.4) is 0 Å². The number of benzene rings is 1. The van der Waals surface area contributed by atoms with Gasteiger partial charge in [0, 0.05) is 28.0 Å². The first-order valence-corrected chi connectivity index (χ1v) is 7.17. The molecule has 20 heavy (non-hydrogen) atoms. The highest BCUT2D eigenvalue weighted by atomic mass is 79.9. The number of halogens is 2. The van der Waals surface area contributed by atoms with Crippen molar-refractivity contribution in [1.82, 2.24) is 9.97 Å². The largest absolute Gasteiger partial charge is 0.486 e. The standard InChI is InChI=1S/C15H10BrClN2O/c16-11-7-13-15(19-8-11)14(5-6-18-13)20-9-10-1-3-12(17)4-2-10/h1-8H,9H2. The molecule has 0 atom stereocenters. The molecule has 0 bridgehead atoms. The van der Waals surface area contributed by atoms with Gasteiger partial charge in [-0.3, -0.25) is 4.98 Å². The van der Waals surface area contributed by atoms with Gasteiger partial charge in [0.1, 0.15) is 17.9 Å². The van der Waals surface area contributed by atoms with Crippen molar-refractivity contribution in [3.63, 3.8) is 0 Å². The Morgan fingerprint density at radius 1 is 1.10 bits per heavy atom. The zero-order valence-electron chi connectivity index (χ0n) is 10.4. The molecule has 3 aromatic rings. The van der Waals surface area contributed by atoms with Crippen LogP contribution in [-0.4, -0.2) is 9.97 Å². The van der Waals surface area contributed by atoms with Crippen LogP contribution in [0.25, 0.3) is 11.0 Å². The summed E-state index contributed by atoms with van der Waals surface area (Å²) in [5.41, 5.74) is 2.61. The summed E-state index contributed by atoms with van der Waals surface area (Å²) < 4.78 is 6.72. The van der Waals surface area contributed by atoms with Crippen LogP contribution in [0.1, 0.15) is 5.56 Å². The molecule has 0 radical (unpaired) electrons. The Labute approximate surface area is 129 Å². The topological polar surface area (TPSA) is 35.0 Å². The molecule has 5 heteroatoms. The van der Waals surface area contributed by atoms with Gasteiger partial charge in [0.25, 0.3) is 0 Å². The van der Waals surface area contributed by atoms with Gasteiger partial charge in [0.15, 0.2) is 0 Å². The van der Waals surface area contributed by atoms with Crippen LogP contribution in [-0.2, 0) is 6.61 Å². The Balaban J connectivity index is 1.85. The van der Waals surface area contributed by atoms with Crippen LogP contribution in [0.4, 0.5) is 0 Å². The third kappa shape index (κ3) is 2.92. The van der Waals surface area contributed by atoms with Crippen molar-refractivity contribution in [2.24, 2.45) is 0 Å². The van der Waals surface area contributed by atoms with Gasteiger partial charge in [0.05, 0.1) is 5.52 Å². The molecule has 0 amide bonds. The van der Waals surface area contributed by atoms with Gasteiger partial charge in [-0.15, -0.1) is 0 Å². The molecule has 0 N–H and O–H groups in total. The Kier molecular flexibility index (Phi) is 3.85. The zero-order chi connectivity index (χ0) is 13.9. The lowest BCUT2D eigenvalue weighted by atomic mass is 10.2. The SMILES string of the molecule is Clc1ccc(COc2ccnc3cc(Br)cnc23)cc1. The number of hydrogen-bond acceptors (Lipinski definition) is 3. The van der Waals surface area contributed by atoms with Gasteiger partial charge in [-0.25, -0.2) is 4.98 Å². The lowest BCUT2D eigenvalue weighted by Gasteiger charge is -2.08. The van der Waals surface area contributed by atoms with Crippen molar-refractivity contribution in [3.05, 3.63) is 63.9 Å². The van der Waals surface area contributed by atoms with E-state index in [0.717, 1.165) is 31.8 Å². The summed E-state index contributed by atoms with van der Waals surface area (Å²) in [7, 11) is 0. The number of ether oxygens (including phenoxy) is 1. The van der Waals surface area contributed by atoms with E-state index in [9.17, 15) is 0 Å². The van der Waals surface area contributed by atoms with E-state index in [-0.39, 0.29) is 0 Å². The minimum absolute atomic E-state index is 0.466. The van der Waals surface area contributed by atoms with Crippen LogP contribution in [0, 0.1) is 0 Å².